The van der Waals surface area contributed by atoms with Gasteiger partial charge in [0.15, 0.2) is 0 Å². The third-order valence-corrected chi connectivity index (χ3v) is 5.74. The Kier molecular flexibility index (Phi) is 4.99. The van der Waals surface area contributed by atoms with Gasteiger partial charge in [-0.2, -0.15) is 0 Å². The summed E-state index contributed by atoms with van der Waals surface area (Å²) in [7, 11) is 0. The van der Waals surface area contributed by atoms with Crippen molar-refractivity contribution in [2.45, 2.75) is 44.7 Å². The van der Waals surface area contributed by atoms with Crippen molar-refractivity contribution in [2.24, 2.45) is 0 Å². The molecule has 1 aliphatic carbocycles. The largest absolute Gasteiger partial charge is 0.363 e. The monoisotopic (exact) mass is 420 g/mol. The highest BCUT2D eigenvalue weighted by Crippen LogP contribution is 2.43. The van der Waals surface area contributed by atoms with Crippen LogP contribution in [0, 0.1) is 12.7 Å². The lowest BCUT2D eigenvalue weighted by atomic mass is 10.0. The SMILES string of the molecule is Cc1c(=O)n(C2(CF)CC2)cc2c(N[C@H](C)c3cccc(C(F)F)c3F)ncnc12. The Bertz CT molecular complexity index is 1170. The van der Waals surface area contributed by atoms with Gasteiger partial charge in [-0.05, 0) is 26.7 Å². The van der Waals surface area contributed by atoms with E-state index in [9.17, 15) is 22.4 Å². The maximum absolute atomic E-state index is 14.5. The minimum absolute atomic E-state index is 0.0621. The molecule has 5 nitrogen and oxygen atoms in total. The second-order valence-electron chi connectivity index (χ2n) is 7.69. The minimum Gasteiger partial charge on any atom is -0.363 e. The molecule has 1 saturated carbocycles. The number of hydrogen-bond acceptors (Lipinski definition) is 4. The molecule has 9 heteroatoms. The van der Waals surface area contributed by atoms with Gasteiger partial charge in [-0.15, -0.1) is 0 Å². The van der Waals surface area contributed by atoms with Crippen LogP contribution in [0.1, 0.15) is 48.9 Å². The summed E-state index contributed by atoms with van der Waals surface area (Å²) in [5.74, 6) is -0.672. The smallest absolute Gasteiger partial charge is 0.266 e. The number of fused-ring (bicyclic) bond motifs is 1. The molecule has 0 saturated heterocycles. The van der Waals surface area contributed by atoms with E-state index < -0.39 is 36.1 Å². The lowest BCUT2D eigenvalue weighted by Crippen LogP contribution is -2.33. The number of halogens is 4. The molecule has 0 bridgehead atoms. The summed E-state index contributed by atoms with van der Waals surface area (Å²) in [6.07, 6.45) is 0.990. The highest BCUT2D eigenvalue weighted by Gasteiger charge is 2.46. The van der Waals surface area contributed by atoms with Gasteiger partial charge in [-0.25, -0.2) is 27.5 Å². The number of rotatable bonds is 6. The molecule has 1 atom stereocenters. The van der Waals surface area contributed by atoms with Crippen LogP contribution in [0.25, 0.3) is 10.9 Å². The molecule has 4 rings (SSSR count). The summed E-state index contributed by atoms with van der Waals surface area (Å²) in [5.41, 5.74) is -1.00. The number of anilines is 1. The van der Waals surface area contributed by atoms with Gasteiger partial charge in [0, 0.05) is 17.3 Å². The summed E-state index contributed by atoms with van der Waals surface area (Å²) in [6, 6.07) is 3.14. The Hall–Kier alpha value is -2.97. The van der Waals surface area contributed by atoms with E-state index in [1.165, 1.54) is 29.2 Å². The predicted molar refractivity (Wildman–Crippen MR) is 105 cm³/mol. The Morgan fingerprint density at radius 1 is 1.23 bits per heavy atom. The average molecular weight is 420 g/mol. The molecule has 2 heterocycles. The predicted octanol–water partition coefficient (Wildman–Crippen LogP) is 4.81. The molecular weight excluding hydrogens is 400 g/mol. The lowest BCUT2D eigenvalue weighted by Gasteiger charge is -2.20. The molecule has 1 fully saturated rings. The molecule has 1 N–H and O–H groups in total. The lowest BCUT2D eigenvalue weighted by molar-refractivity contribution is 0.146. The fourth-order valence-corrected chi connectivity index (χ4v) is 3.69. The van der Waals surface area contributed by atoms with Crippen molar-refractivity contribution in [1.29, 1.82) is 0 Å². The maximum atomic E-state index is 14.5. The van der Waals surface area contributed by atoms with E-state index in [4.69, 9.17) is 0 Å². The van der Waals surface area contributed by atoms with Crippen molar-refractivity contribution in [3.63, 3.8) is 0 Å². The van der Waals surface area contributed by atoms with E-state index in [2.05, 4.69) is 15.3 Å². The summed E-state index contributed by atoms with van der Waals surface area (Å²) < 4.78 is 55.6. The molecule has 0 unspecified atom stereocenters. The van der Waals surface area contributed by atoms with Crippen molar-refractivity contribution in [3.05, 3.63) is 63.6 Å². The zero-order chi connectivity index (χ0) is 21.6. The Morgan fingerprint density at radius 3 is 2.57 bits per heavy atom. The highest BCUT2D eigenvalue weighted by atomic mass is 19.3. The van der Waals surface area contributed by atoms with Crippen LogP contribution in [0.2, 0.25) is 0 Å². The zero-order valence-electron chi connectivity index (χ0n) is 16.4. The van der Waals surface area contributed by atoms with Gasteiger partial charge in [0.1, 0.15) is 24.6 Å². The van der Waals surface area contributed by atoms with Crippen molar-refractivity contribution >= 4 is 16.7 Å². The fraction of sp³-hybridized carbons (Fsp3) is 0.381. The van der Waals surface area contributed by atoms with E-state index in [0.29, 0.717) is 35.1 Å². The van der Waals surface area contributed by atoms with Crippen LogP contribution in [-0.4, -0.2) is 21.2 Å². The molecule has 30 heavy (non-hydrogen) atoms. The minimum atomic E-state index is -2.93. The second-order valence-corrected chi connectivity index (χ2v) is 7.69. The number of pyridine rings is 1. The van der Waals surface area contributed by atoms with Crippen molar-refractivity contribution in [1.82, 2.24) is 14.5 Å². The topological polar surface area (TPSA) is 59.8 Å². The van der Waals surface area contributed by atoms with Gasteiger partial charge >= 0.3 is 0 Å². The number of hydrogen-bond donors (Lipinski definition) is 1. The normalized spacial score (nSPS) is 16.1. The van der Waals surface area contributed by atoms with E-state index in [-0.39, 0.29) is 11.1 Å². The van der Waals surface area contributed by atoms with Crippen molar-refractivity contribution in [2.75, 3.05) is 12.0 Å². The molecule has 2 aromatic heterocycles. The third-order valence-electron chi connectivity index (χ3n) is 5.74. The number of nitrogens with zero attached hydrogens (tertiary/aromatic N) is 3. The number of aromatic nitrogens is 3. The first kappa shape index (κ1) is 20.3. The first-order valence-electron chi connectivity index (χ1n) is 9.55. The number of benzene rings is 1. The average Bonchev–Trinajstić information content (AvgIpc) is 3.52. The van der Waals surface area contributed by atoms with Gasteiger partial charge in [0.2, 0.25) is 0 Å². The van der Waals surface area contributed by atoms with Gasteiger partial charge < -0.3 is 9.88 Å². The van der Waals surface area contributed by atoms with Crippen molar-refractivity contribution < 1.29 is 17.6 Å². The zero-order valence-corrected chi connectivity index (χ0v) is 16.4. The molecule has 3 aromatic rings. The Labute approximate surface area is 169 Å². The van der Waals surface area contributed by atoms with Crippen LogP contribution < -0.4 is 10.9 Å². The molecule has 1 aliphatic rings. The maximum Gasteiger partial charge on any atom is 0.266 e. The number of alkyl halides is 3. The van der Waals surface area contributed by atoms with Crippen LogP contribution >= 0.6 is 0 Å². The first-order chi connectivity index (χ1) is 14.3. The van der Waals surface area contributed by atoms with E-state index in [1.54, 1.807) is 13.8 Å². The first-order valence-corrected chi connectivity index (χ1v) is 9.55. The van der Waals surface area contributed by atoms with Gasteiger partial charge in [0.05, 0.1) is 28.0 Å². The quantitative estimate of drug-likeness (QED) is 0.582. The van der Waals surface area contributed by atoms with E-state index in [0.717, 1.165) is 6.07 Å². The molecule has 158 valence electrons. The molecule has 0 aliphatic heterocycles. The highest BCUT2D eigenvalue weighted by molar-refractivity contribution is 5.90. The van der Waals surface area contributed by atoms with Crippen LogP contribution in [0.5, 0.6) is 0 Å². The van der Waals surface area contributed by atoms with Gasteiger partial charge in [-0.3, -0.25) is 4.79 Å². The Balaban J connectivity index is 1.79. The fourth-order valence-electron chi connectivity index (χ4n) is 3.69. The number of aryl methyl sites for hydroxylation is 1. The summed E-state index contributed by atoms with van der Waals surface area (Å²) in [4.78, 5) is 21.1. The summed E-state index contributed by atoms with van der Waals surface area (Å²) in [6.45, 7) is 2.58. The molecule has 0 amide bonds. The van der Waals surface area contributed by atoms with Gasteiger partial charge in [-0.1, -0.05) is 18.2 Å². The van der Waals surface area contributed by atoms with Crippen LogP contribution in [-0.2, 0) is 5.54 Å². The molecular formula is C21H20F4N4O. The van der Waals surface area contributed by atoms with Crippen LogP contribution in [0.3, 0.4) is 0 Å². The van der Waals surface area contributed by atoms with Crippen LogP contribution in [0.4, 0.5) is 23.4 Å². The molecule has 0 spiro atoms. The van der Waals surface area contributed by atoms with Crippen molar-refractivity contribution in [3.8, 4) is 0 Å². The summed E-state index contributed by atoms with van der Waals surface area (Å²) >= 11 is 0. The molecule has 1 aromatic carbocycles. The third kappa shape index (κ3) is 3.22. The van der Waals surface area contributed by atoms with Gasteiger partial charge in [0.25, 0.3) is 12.0 Å². The van der Waals surface area contributed by atoms with E-state index >= 15 is 0 Å². The van der Waals surface area contributed by atoms with Crippen LogP contribution in [0.15, 0.2) is 35.5 Å². The standard InChI is InChI=1S/C21H20F4N4O/c1-11-17-15(8-29(20(11)30)21(9-22)6-7-21)19(27-10-26-17)28-12(2)13-4-3-5-14(16(13)23)18(24)25/h3-5,8,10,12,18H,6-7,9H2,1-2H3,(H,26,27,28)/t12-/m1/s1. The molecule has 0 radical (unpaired) electrons. The summed E-state index contributed by atoms with van der Waals surface area (Å²) in [5, 5.41) is 3.51. The number of nitrogens with one attached hydrogen (secondary N) is 1. The Morgan fingerprint density at radius 2 is 1.93 bits per heavy atom. The van der Waals surface area contributed by atoms with E-state index in [1.807, 2.05) is 0 Å². The second kappa shape index (κ2) is 7.37.